The minimum atomic E-state index is -0.120. The summed E-state index contributed by atoms with van der Waals surface area (Å²) in [6.45, 7) is 2.74. The summed E-state index contributed by atoms with van der Waals surface area (Å²) in [5.74, 6) is 0.00516. The van der Waals surface area contributed by atoms with Gasteiger partial charge < -0.3 is 14.8 Å². The largest absolute Gasteiger partial charge is 0.469 e. The Bertz CT molecular complexity index is 350. The van der Waals surface area contributed by atoms with Crippen molar-refractivity contribution in [2.45, 2.75) is 57.6 Å². The molecule has 2 rings (SSSR count). The van der Waals surface area contributed by atoms with Crippen molar-refractivity contribution in [1.29, 1.82) is 0 Å². The summed E-state index contributed by atoms with van der Waals surface area (Å²) in [5.41, 5.74) is 0. The Balaban J connectivity index is 1.77. The highest BCUT2D eigenvalue weighted by molar-refractivity contribution is 5.80. The summed E-state index contributed by atoms with van der Waals surface area (Å²) in [5, 5.41) is 3.13. The van der Waals surface area contributed by atoms with Crippen LogP contribution in [0.2, 0.25) is 0 Å². The first-order valence-corrected chi connectivity index (χ1v) is 7.65. The molecule has 2 unspecified atom stereocenters. The lowest BCUT2D eigenvalue weighted by molar-refractivity contribution is -0.146. The second kappa shape index (κ2) is 7.07. The summed E-state index contributed by atoms with van der Waals surface area (Å²) in [7, 11) is 1.43. The van der Waals surface area contributed by atoms with Crippen molar-refractivity contribution < 1.29 is 19.1 Å². The Morgan fingerprint density at radius 3 is 2.50 bits per heavy atom. The molecule has 2 atom stereocenters. The lowest BCUT2D eigenvalue weighted by Gasteiger charge is -2.29. The van der Waals surface area contributed by atoms with Crippen LogP contribution in [0.3, 0.4) is 0 Å². The van der Waals surface area contributed by atoms with Crippen LogP contribution < -0.4 is 5.32 Å². The number of ether oxygens (including phenoxy) is 2. The molecule has 1 saturated heterocycles. The molecule has 114 valence electrons. The molecule has 1 amide bonds. The molecule has 1 heterocycles. The van der Waals surface area contributed by atoms with Gasteiger partial charge >= 0.3 is 5.97 Å². The predicted octanol–water partition coefficient (Wildman–Crippen LogP) is 1.65. The third-order valence-corrected chi connectivity index (χ3v) is 4.56. The molecule has 1 saturated carbocycles. The number of amides is 1. The van der Waals surface area contributed by atoms with Gasteiger partial charge in [0.05, 0.1) is 25.0 Å². The van der Waals surface area contributed by atoms with E-state index in [-0.39, 0.29) is 35.9 Å². The van der Waals surface area contributed by atoms with E-state index in [9.17, 15) is 9.59 Å². The standard InChI is InChI=1S/C15H25NO4/c1-3-13-12(8-9-20-13)14(17)16-11-6-4-10(5-7-11)15(18)19-2/h10-13H,3-9H2,1-2H3,(H,16,17). The van der Waals surface area contributed by atoms with Crippen LogP contribution in [0.5, 0.6) is 0 Å². The van der Waals surface area contributed by atoms with Crippen LogP contribution in [-0.4, -0.2) is 37.7 Å². The molecule has 5 heteroatoms. The Kier molecular flexibility index (Phi) is 5.40. The van der Waals surface area contributed by atoms with E-state index in [1.54, 1.807) is 0 Å². The summed E-state index contributed by atoms with van der Waals surface area (Å²) >= 11 is 0. The molecule has 20 heavy (non-hydrogen) atoms. The fourth-order valence-electron chi connectivity index (χ4n) is 3.30. The molecule has 0 spiro atoms. The van der Waals surface area contributed by atoms with E-state index in [1.807, 2.05) is 0 Å². The highest BCUT2D eigenvalue weighted by Gasteiger charge is 2.35. The number of esters is 1. The number of carbonyl (C=O) groups excluding carboxylic acids is 2. The maximum atomic E-state index is 12.3. The number of hydrogen-bond acceptors (Lipinski definition) is 4. The van der Waals surface area contributed by atoms with Crippen molar-refractivity contribution in [1.82, 2.24) is 5.32 Å². The lowest BCUT2D eigenvalue weighted by Crippen LogP contribution is -2.43. The molecule has 0 bridgehead atoms. The monoisotopic (exact) mass is 283 g/mol. The van der Waals surface area contributed by atoms with Crippen LogP contribution in [0, 0.1) is 11.8 Å². The number of methoxy groups -OCH3 is 1. The molecule has 0 radical (unpaired) electrons. The van der Waals surface area contributed by atoms with Gasteiger partial charge in [0, 0.05) is 12.6 Å². The first-order valence-electron chi connectivity index (χ1n) is 7.65. The lowest BCUT2D eigenvalue weighted by atomic mass is 9.85. The maximum absolute atomic E-state index is 12.3. The van der Waals surface area contributed by atoms with E-state index in [4.69, 9.17) is 9.47 Å². The van der Waals surface area contributed by atoms with E-state index in [1.165, 1.54) is 7.11 Å². The fraction of sp³-hybridized carbons (Fsp3) is 0.867. The molecule has 5 nitrogen and oxygen atoms in total. The van der Waals surface area contributed by atoms with Gasteiger partial charge in [-0.05, 0) is 38.5 Å². The van der Waals surface area contributed by atoms with Crippen molar-refractivity contribution in [3.63, 3.8) is 0 Å². The molecule has 0 aromatic rings. The van der Waals surface area contributed by atoms with Gasteiger partial charge in [-0.25, -0.2) is 0 Å². The SMILES string of the molecule is CCC1OCCC1C(=O)NC1CCC(C(=O)OC)CC1. The van der Waals surface area contributed by atoms with Gasteiger partial charge in [-0.3, -0.25) is 9.59 Å². The Labute approximate surface area is 120 Å². The zero-order valence-electron chi connectivity index (χ0n) is 12.4. The molecular weight excluding hydrogens is 258 g/mol. The normalized spacial score (nSPS) is 33.7. The van der Waals surface area contributed by atoms with Crippen molar-refractivity contribution in [3.8, 4) is 0 Å². The molecule has 2 fully saturated rings. The zero-order valence-corrected chi connectivity index (χ0v) is 12.4. The molecule has 1 N–H and O–H groups in total. The predicted molar refractivity (Wildman–Crippen MR) is 74.0 cm³/mol. The highest BCUT2D eigenvalue weighted by atomic mass is 16.5. The first kappa shape index (κ1) is 15.3. The average Bonchev–Trinajstić information content (AvgIpc) is 2.95. The van der Waals surface area contributed by atoms with Crippen molar-refractivity contribution in [2.75, 3.05) is 13.7 Å². The van der Waals surface area contributed by atoms with Crippen LogP contribution in [0.15, 0.2) is 0 Å². The molecule has 0 aromatic carbocycles. The molecule has 0 aromatic heterocycles. The van der Waals surface area contributed by atoms with E-state index >= 15 is 0 Å². The average molecular weight is 283 g/mol. The Hall–Kier alpha value is -1.10. The summed E-state index contributed by atoms with van der Waals surface area (Å²) in [6, 6.07) is 0.196. The van der Waals surface area contributed by atoms with Gasteiger partial charge in [0.25, 0.3) is 0 Å². The third-order valence-electron chi connectivity index (χ3n) is 4.56. The maximum Gasteiger partial charge on any atom is 0.308 e. The molecule has 1 aliphatic heterocycles. The first-order chi connectivity index (χ1) is 9.65. The van der Waals surface area contributed by atoms with Gasteiger partial charge in [0.2, 0.25) is 5.91 Å². The van der Waals surface area contributed by atoms with Crippen LogP contribution in [0.4, 0.5) is 0 Å². The second-order valence-electron chi connectivity index (χ2n) is 5.79. The number of rotatable bonds is 4. The van der Waals surface area contributed by atoms with Crippen LogP contribution >= 0.6 is 0 Å². The van der Waals surface area contributed by atoms with Crippen molar-refractivity contribution in [2.24, 2.45) is 11.8 Å². The smallest absolute Gasteiger partial charge is 0.308 e. The van der Waals surface area contributed by atoms with Gasteiger partial charge in [-0.15, -0.1) is 0 Å². The summed E-state index contributed by atoms with van der Waals surface area (Å²) in [6.07, 6.45) is 5.09. The number of carbonyl (C=O) groups is 2. The molecular formula is C15H25NO4. The van der Waals surface area contributed by atoms with E-state index in [0.717, 1.165) is 38.5 Å². The third kappa shape index (κ3) is 3.51. The second-order valence-corrected chi connectivity index (χ2v) is 5.79. The number of hydrogen-bond donors (Lipinski definition) is 1. The molecule has 1 aliphatic carbocycles. The van der Waals surface area contributed by atoms with E-state index in [2.05, 4.69) is 12.2 Å². The number of nitrogens with one attached hydrogen (secondary N) is 1. The highest BCUT2D eigenvalue weighted by Crippen LogP contribution is 2.27. The van der Waals surface area contributed by atoms with Gasteiger partial charge in [-0.2, -0.15) is 0 Å². The summed E-state index contributed by atoms with van der Waals surface area (Å²) in [4.78, 5) is 23.7. The van der Waals surface area contributed by atoms with Gasteiger partial charge in [0.15, 0.2) is 0 Å². The van der Waals surface area contributed by atoms with E-state index < -0.39 is 0 Å². The zero-order chi connectivity index (χ0) is 14.5. The topological polar surface area (TPSA) is 64.6 Å². The van der Waals surface area contributed by atoms with Crippen molar-refractivity contribution >= 4 is 11.9 Å². The molecule has 2 aliphatic rings. The van der Waals surface area contributed by atoms with Crippen LogP contribution in [0.1, 0.15) is 45.4 Å². The van der Waals surface area contributed by atoms with Crippen molar-refractivity contribution in [3.05, 3.63) is 0 Å². The minimum Gasteiger partial charge on any atom is -0.469 e. The van der Waals surface area contributed by atoms with Crippen LogP contribution in [0.25, 0.3) is 0 Å². The van der Waals surface area contributed by atoms with Crippen LogP contribution in [-0.2, 0) is 19.1 Å². The van der Waals surface area contributed by atoms with Gasteiger partial charge in [0.1, 0.15) is 0 Å². The Morgan fingerprint density at radius 1 is 1.20 bits per heavy atom. The minimum absolute atomic E-state index is 0.00155. The van der Waals surface area contributed by atoms with Gasteiger partial charge in [-0.1, -0.05) is 6.92 Å². The fourth-order valence-corrected chi connectivity index (χ4v) is 3.30. The summed E-state index contributed by atoms with van der Waals surface area (Å²) < 4.78 is 10.3. The Morgan fingerprint density at radius 2 is 1.90 bits per heavy atom. The quantitative estimate of drug-likeness (QED) is 0.797. The van der Waals surface area contributed by atoms with E-state index in [0.29, 0.717) is 6.61 Å².